The first-order valence-electron chi connectivity index (χ1n) is 7.32. The molecule has 4 rings (SSSR count). The van der Waals surface area contributed by atoms with E-state index in [9.17, 15) is 9.59 Å². The Balaban J connectivity index is 1.74. The molecule has 1 saturated heterocycles. The maximum atomic E-state index is 12.7. The van der Waals surface area contributed by atoms with Crippen LogP contribution in [0.4, 0.5) is 5.69 Å². The SMILES string of the molecule is COc1cc(N2C(=O)[C@@H]3[C@H](C2=O)[C@@H]2C=C[C@H]3C2)ccc1C. The molecule has 3 aliphatic rings. The predicted molar refractivity (Wildman–Crippen MR) is 77.9 cm³/mol. The van der Waals surface area contributed by atoms with Crippen molar-refractivity contribution >= 4 is 17.5 Å². The molecular formula is C17H17NO3. The first kappa shape index (κ1) is 12.6. The van der Waals surface area contributed by atoms with Crippen LogP contribution in [0.3, 0.4) is 0 Å². The number of allylic oxidation sites excluding steroid dienone is 2. The molecule has 1 heterocycles. The summed E-state index contributed by atoms with van der Waals surface area (Å²) in [5, 5.41) is 0. The summed E-state index contributed by atoms with van der Waals surface area (Å²) < 4.78 is 5.30. The monoisotopic (exact) mass is 283 g/mol. The molecule has 0 aromatic heterocycles. The molecule has 21 heavy (non-hydrogen) atoms. The number of benzene rings is 1. The summed E-state index contributed by atoms with van der Waals surface area (Å²) in [6, 6.07) is 5.49. The molecule has 1 saturated carbocycles. The second-order valence-electron chi connectivity index (χ2n) is 6.17. The van der Waals surface area contributed by atoms with Crippen LogP contribution in [0, 0.1) is 30.6 Å². The summed E-state index contributed by atoms with van der Waals surface area (Å²) >= 11 is 0. The van der Waals surface area contributed by atoms with Gasteiger partial charge in [-0.15, -0.1) is 0 Å². The van der Waals surface area contributed by atoms with E-state index in [1.165, 1.54) is 4.90 Å². The van der Waals surface area contributed by atoms with E-state index in [0.717, 1.165) is 12.0 Å². The van der Waals surface area contributed by atoms with Crippen LogP contribution in [0.1, 0.15) is 12.0 Å². The number of anilines is 1. The second kappa shape index (κ2) is 4.20. The molecule has 2 amide bonds. The van der Waals surface area contributed by atoms with Gasteiger partial charge < -0.3 is 4.74 Å². The highest BCUT2D eigenvalue weighted by Crippen LogP contribution is 2.53. The molecule has 1 aromatic rings. The van der Waals surface area contributed by atoms with Crippen LogP contribution in [0.5, 0.6) is 5.75 Å². The number of methoxy groups -OCH3 is 1. The summed E-state index contributed by atoms with van der Waals surface area (Å²) in [5.74, 6) is 0.786. The zero-order valence-electron chi connectivity index (χ0n) is 12.1. The van der Waals surface area contributed by atoms with Gasteiger partial charge in [-0.3, -0.25) is 9.59 Å². The summed E-state index contributed by atoms with van der Waals surface area (Å²) in [7, 11) is 1.60. The van der Waals surface area contributed by atoms with Crippen molar-refractivity contribution in [2.45, 2.75) is 13.3 Å². The van der Waals surface area contributed by atoms with Crippen LogP contribution in [-0.4, -0.2) is 18.9 Å². The first-order chi connectivity index (χ1) is 10.1. The van der Waals surface area contributed by atoms with E-state index in [-0.39, 0.29) is 35.5 Å². The van der Waals surface area contributed by atoms with Crippen molar-refractivity contribution < 1.29 is 14.3 Å². The lowest BCUT2D eigenvalue weighted by Crippen LogP contribution is -2.32. The molecule has 4 heteroatoms. The van der Waals surface area contributed by atoms with Crippen molar-refractivity contribution in [2.24, 2.45) is 23.7 Å². The van der Waals surface area contributed by atoms with Crippen LogP contribution in [-0.2, 0) is 9.59 Å². The third-order valence-electron chi connectivity index (χ3n) is 5.12. The summed E-state index contributed by atoms with van der Waals surface area (Å²) in [5.41, 5.74) is 1.61. The Labute approximate surface area is 123 Å². The van der Waals surface area contributed by atoms with Crippen molar-refractivity contribution in [3.8, 4) is 5.75 Å². The summed E-state index contributed by atoms with van der Waals surface area (Å²) in [4.78, 5) is 26.8. The molecule has 2 aliphatic carbocycles. The Morgan fingerprint density at radius 1 is 1.10 bits per heavy atom. The summed E-state index contributed by atoms with van der Waals surface area (Å²) in [6.45, 7) is 1.94. The van der Waals surface area contributed by atoms with E-state index >= 15 is 0 Å². The van der Waals surface area contributed by atoms with E-state index in [1.54, 1.807) is 13.2 Å². The highest BCUT2D eigenvalue weighted by atomic mass is 16.5. The van der Waals surface area contributed by atoms with Crippen molar-refractivity contribution in [1.29, 1.82) is 0 Å². The quantitative estimate of drug-likeness (QED) is 0.618. The normalized spacial score (nSPS) is 33.0. The minimum atomic E-state index is -0.153. The van der Waals surface area contributed by atoms with Crippen LogP contribution in [0.15, 0.2) is 30.4 Å². The van der Waals surface area contributed by atoms with E-state index in [0.29, 0.717) is 11.4 Å². The molecule has 2 bridgehead atoms. The Morgan fingerprint density at radius 3 is 2.29 bits per heavy atom. The number of imide groups is 1. The largest absolute Gasteiger partial charge is 0.496 e. The van der Waals surface area contributed by atoms with E-state index in [1.807, 2.05) is 19.1 Å². The fraction of sp³-hybridized carbons (Fsp3) is 0.412. The lowest BCUT2D eigenvalue weighted by Gasteiger charge is -2.18. The smallest absolute Gasteiger partial charge is 0.238 e. The Hall–Kier alpha value is -2.10. The van der Waals surface area contributed by atoms with Gasteiger partial charge in [0, 0.05) is 6.07 Å². The van der Waals surface area contributed by atoms with Gasteiger partial charge in [-0.05, 0) is 36.8 Å². The molecule has 4 nitrogen and oxygen atoms in total. The number of carbonyl (C=O) groups excluding carboxylic acids is 2. The molecule has 0 unspecified atom stereocenters. The number of rotatable bonds is 2. The third-order valence-corrected chi connectivity index (χ3v) is 5.12. The lowest BCUT2D eigenvalue weighted by molar-refractivity contribution is -0.123. The van der Waals surface area contributed by atoms with Crippen LogP contribution in [0.25, 0.3) is 0 Å². The van der Waals surface area contributed by atoms with Crippen LogP contribution >= 0.6 is 0 Å². The lowest BCUT2D eigenvalue weighted by atomic mass is 9.85. The molecule has 0 radical (unpaired) electrons. The van der Waals surface area contributed by atoms with E-state index in [4.69, 9.17) is 4.74 Å². The van der Waals surface area contributed by atoms with Gasteiger partial charge in [-0.2, -0.15) is 0 Å². The average molecular weight is 283 g/mol. The van der Waals surface area contributed by atoms with Gasteiger partial charge in [0.15, 0.2) is 0 Å². The molecule has 108 valence electrons. The number of nitrogens with zero attached hydrogens (tertiary/aromatic N) is 1. The minimum absolute atomic E-state index is 0.0484. The van der Waals surface area contributed by atoms with Gasteiger partial charge in [0.05, 0.1) is 24.6 Å². The molecule has 1 aliphatic heterocycles. The average Bonchev–Trinajstić information content (AvgIpc) is 3.14. The minimum Gasteiger partial charge on any atom is -0.496 e. The van der Waals surface area contributed by atoms with Crippen molar-refractivity contribution in [3.63, 3.8) is 0 Å². The number of aryl methyl sites for hydroxylation is 1. The third kappa shape index (κ3) is 1.56. The van der Waals surface area contributed by atoms with Gasteiger partial charge in [-0.1, -0.05) is 18.2 Å². The van der Waals surface area contributed by atoms with Crippen LogP contribution in [0.2, 0.25) is 0 Å². The Kier molecular flexibility index (Phi) is 2.52. The van der Waals surface area contributed by atoms with Crippen molar-refractivity contribution in [2.75, 3.05) is 12.0 Å². The van der Waals surface area contributed by atoms with Gasteiger partial charge in [0.1, 0.15) is 5.75 Å². The zero-order chi connectivity index (χ0) is 14.7. The fourth-order valence-corrected chi connectivity index (χ4v) is 4.10. The molecule has 2 fully saturated rings. The number of fused-ring (bicyclic) bond motifs is 5. The number of hydrogen-bond donors (Lipinski definition) is 0. The standard InChI is InChI=1S/C17H17NO3/c1-9-3-6-12(8-13(9)21-2)18-16(19)14-10-4-5-11(7-10)15(14)17(18)20/h3-6,8,10-11,14-15H,7H2,1-2H3/t10-,11+,14-,15+. The Bertz CT molecular complexity index is 649. The maximum absolute atomic E-state index is 12.7. The number of carbonyl (C=O) groups is 2. The maximum Gasteiger partial charge on any atom is 0.238 e. The van der Waals surface area contributed by atoms with Gasteiger partial charge in [-0.25, -0.2) is 4.90 Å². The molecule has 4 atom stereocenters. The molecule has 0 N–H and O–H groups in total. The predicted octanol–water partition coefficient (Wildman–Crippen LogP) is 2.32. The molecule has 1 aromatic carbocycles. The van der Waals surface area contributed by atoms with Crippen molar-refractivity contribution in [1.82, 2.24) is 0 Å². The topological polar surface area (TPSA) is 46.6 Å². The van der Waals surface area contributed by atoms with Crippen LogP contribution < -0.4 is 9.64 Å². The highest BCUT2D eigenvalue weighted by molar-refractivity contribution is 6.22. The van der Waals surface area contributed by atoms with Crippen molar-refractivity contribution in [3.05, 3.63) is 35.9 Å². The Morgan fingerprint density at radius 2 is 1.71 bits per heavy atom. The first-order valence-corrected chi connectivity index (χ1v) is 7.32. The molecular weight excluding hydrogens is 266 g/mol. The van der Waals surface area contributed by atoms with E-state index in [2.05, 4.69) is 12.2 Å². The van der Waals surface area contributed by atoms with Gasteiger partial charge in [0.2, 0.25) is 11.8 Å². The molecule has 0 spiro atoms. The fourth-order valence-electron chi connectivity index (χ4n) is 4.10. The highest BCUT2D eigenvalue weighted by Gasteiger charge is 2.59. The number of ether oxygens (including phenoxy) is 1. The number of hydrogen-bond acceptors (Lipinski definition) is 3. The summed E-state index contributed by atoms with van der Waals surface area (Å²) in [6.07, 6.45) is 5.17. The number of amides is 2. The van der Waals surface area contributed by atoms with Gasteiger partial charge in [0.25, 0.3) is 0 Å². The zero-order valence-corrected chi connectivity index (χ0v) is 12.1. The van der Waals surface area contributed by atoms with E-state index < -0.39 is 0 Å². The van der Waals surface area contributed by atoms with Gasteiger partial charge >= 0.3 is 0 Å². The second-order valence-corrected chi connectivity index (χ2v) is 6.17.